The Labute approximate surface area is 182 Å². The molecule has 1 saturated heterocycles. The van der Waals surface area contributed by atoms with Gasteiger partial charge in [-0.05, 0) is 0 Å². The highest BCUT2D eigenvalue weighted by Crippen LogP contribution is 2.66. The first-order chi connectivity index (χ1) is 15.0. The zero-order valence-corrected chi connectivity index (χ0v) is 18.5. The number of nitrogens with zero attached hydrogens (tertiary/aromatic N) is 1. The molecule has 1 aromatic heterocycles. The van der Waals surface area contributed by atoms with Gasteiger partial charge in [0.15, 0.2) is 12.0 Å². The van der Waals surface area contributed by atoms with Crippen LogP contribution in [0.5, 0.6) is 0 Å². The summed E-state index contributed by atoms with van der Waals surface area (Å²) in [7, 11) is -16.9. The second kappa shape index (κ2) is 10.2. The number of carbonyl (C=O) groups excluding carboxylic acids is 1. The van der Waals surface area contributed by atoms with Crippen LogP contribution < -0.4 is 21.9 Å². The molecule has 0 spiro atoms. The lowest BCUT2D eigenvalue weighted by atomic mass is 10.1. The zero-order chi connectivity index (χ0) is 25.2. The summed E-state index contributed by atoms with van der Waals surface area (Å²) in [6.45, 7) is -1.06. The lowest BCUT2D eigenvalue weighted by Gasteiger charge is -2.19. The fraction of sp³-hybridized carbons (Fsp3) is 0.500. The SMILES string of the molecule is Nc1nc(N[C@@H]2O[C@H](COP(=O)(O)OP(=O)(O)OP(=O)(O)O)[C@@H](O)[C@H]2O)c(NC=O)c(=O)[nH]1. The molecule has 1 fully saturated rings. The van der Waals surface area contributed by atoms with E-state index >= 15 is 0 Å². The summed E-state index contributed by atoms with van der Waals surface area (Å²) < 4.78 is 50.2. The maximum absolute atomic E-state index is 11.9. The number of nitrogen functional groups attached to an aromatic ring is 1. The van der Waals surface area contributed by atoms with Crippen LogP contribution in [0.2, 0.25) is 0 Å². The van der Waals surface area contributed by atoms with Crippen LogP contribution in [0.15, 0.2) is 4.79 Å². The van der Waals surface area contributed by atoms with Crippen molar-refractivity contribution in [3.8, 4) is 0 Å². The van der Waals surface area contributed by atoms with Crippen molar-refractivity contribution in [1.82, 2.24) is 9.97 Å². The van der Waals surface area contributed by atoms with Gasteiger partial charge in [-0.15, -0.1) is 0 Å². The highest BCUT2D eigenvalue weighted by molar-refractivity contribution is 7.66. The van der Waals surface area contributed by atoms with E-state index in [9.17, 15) is 38.4 Å². The van der Waals surface area contributed by atoms with Crippen LogP contribution in [0.4, 0.5) is 17.5 Å². The van der Waals surface area contributed by atoms with Crippen molar-refractivity contribution >= 4 is 47.3 Å². The van der Waals surface area contributed by atoms with Gasteiger partial charge in [-0.25, -0.2) is 13.7 Å². The monoisotopic (exact) mass is 541 g/mol. The van der Waals surface area contributed by atoms with E-state index in [1.54, 1.807) is 0 Å². The number of amides is 1. The average Bonchev–Trinajstić information content (AvgIpc) is 2.88. The Balaban J connectivity index is 2.07. The number of phosphoric acid groups is 3. The fourth-order valence-electron chi connectivity index (χ4n) is 2.40. The molecule has 0 bridgehead atoms. The Morgan fingerprint density at radius 2 is 1.76 bits per heavy atom. The number of nitrogens with two attached hydrogens (primary N) is 1. The molecule has 0 aliphatic carbocycles. The minimum Gasteiger partial charge on any atom is -0.387 e. The number of hydrogen-bond acceptors (Lipinski definition) is 14. The third-order valence-corrected chi connectivity index (χ3v) is 7.40. The Hall–Kier alpha value is -1.76. The molecule has 11 N–H and O–H groups in total. The van der Waals surface area contributed by atoms with Gasteiger partial charge < -0.3 is 50.9 Å². The van der Waals surface area contributed by atoms with Crippen LogP contribution in [-0.2, 0) is 36.4 Å². The Bertz CT molecular complexity index is 1070. The standard InChI is InChI=1S/C10H18N5O15P3/c11-10-14-7(4(12-2-16)8(19)15-10)13-9-6(18)5(17)3(28-9)1-27-32(23,24)30-33(25,26)29-31(20,21)22/h2-3,5-6,9,17-18H,1H2,(H,12,16)(H,23,24)(H,25,26)(H2,20,21,22)(H4,11,13,14,15,19)/t3-,5-,6-,9-/m1/s1. The fourth-order valence-corrected chi connectivity index (χ4v) is 5.43. The third-order valence-electron chi connectivity index (χ3n) is 3.60. The molecule has 1 aliphatic heterocycles. The second-order valence-electron chi connectivity index (χ2n) is 6.04. The number of hydrogen-bond donors (Lipinski definition) is 10. The molecule has 188 valence electrons. The van der Waals surface area contributed by atoms with Gasteiger partial charge in [0.2, 0.25) is 12.4 Å². The lowest BCUT2D eigenvalue weighted by Crippen LogP contribution is -2.37. The maximum atomic E-state index is 11.9. The highest BCUT2D eigenvalue weighted by atomic mass is 31.3. The van der Waals surface area contributed by atoms with E-state index in [1.807, 2.05) is 5.32 Å². The van der Waals surface area contributed by atoms with E-state index in [2.05, 4.69) is 28.4 Å². The van der Waals surface area contributed by atoms with Crippen molar-refractivity contribution in [1.29, 1.82) is 0 Å². The molecule has 0 aromatic carbocycles. The number of rotatable bonds is 11. The van der Waals surface area contributed by atoms with Gasteiger partial charge in [0, 0.05) is 0 Å². The molecule has 0 radical (unpaired) electrons. The summed E-state index contributed by atoms with van der Waals surface area (Å²) >= 11 is 0. The van der Waals surface area contributed by atoms with Gasteiger partial charge in [0.1, 0.15) is 24.0 Å². The maximum Gasteiger partial charge on any atom is 0.490 e. The molecule has 1 amide bonds. The first-order valence-electron chi connectivity index (χ1n) is 8.20. The Morgan fingerprint density at radius 1 is 1.12 bits per heavy atom. The van der Waals surface area contributed by atoms with Gasteiger partial charge in [-0.2, -0.15) is 13.6 Å². The van der Waals surface area contributed by atoms with Gasteiger partial charge >= 0.3 is 23.5 Å². The summed E-state index contributed by atoms with van der Waals surface area (Å²) in [4.78, 5) is 63.8. The topological polar surface area (TPSA) is 322 Å². The first kappa shape index (κ1) is 27.5. The molecule has 33 heavy (non-hydrogen) atoms. The number of H-pyrrole nitrogens is 1. The number of nitrogens with one attached hydrogen (secondary N) is 3. The minimum atomic E-state index is -5.76. The molecule has 2 rings (SSSR count). The molecule has 0 saturated carbocycles. The van der Waals surface area contributed by atoms with Gasteiger partial charge in [-0.3, -0.25) is 19.1 Å². The number of aromatic amines is 1. The number of aliphatic hydroxyl groups is 2. The molecule has 23 heteroatoms. The summed E-state index contributed by atoms with van der Waals surface area (Å²) in [6, 6.07) is 0. The highest BCUT2D eigenvalue weighted by Gasteiger charge is 2.46. The molecule has 2 heterocycles. The summed E-state index contributed by atoms with van der Waals surface area (Å²) in [5.74, 6) is -0.774. The molecular weight excluding hydrogens is 523 g/mol. The largest absolute Gasteiger partial charge is 0.490 e. The number of phosphoric ester groups is 1. The smallest absolute Gasteiger partial charge is 0.387 e. The van der Waals surface area contributed by atoms with Gasteiger partial charge in [0.25, 0.3) is 5.56 Å². The first-order valence-corrected chi connectivity index (χ1v) is 12.7. The van der Waals surface area contributed by atoms with Crippen molar-refractivity contribution in [2.75, 3.05) is 23.0 Å². The Morgan fingerprint density at radius 3 is 2.33 bits per heavy atom. The molecule has 1 aliphatic rings. The minimum absolute atomic E-state index is 0.139. The van der Waals surface area contributed by atoms with E-state index in [0.29, 0.717) is 0 Å². The number of carbonyl (C=O) groups is 1. The van der Waals surface area contributed by atoms with E-state index < -0.39 is 71.8 Å². The molecule has 2 unspecified atom stereocenters. The molecule has 6 atom stereocenters. The lowest BCUT2D eigenvalue weighted by molar-refractivity contribution is -0.105. The van der Waals surface area contributed by atoms with Crippen molar-refractivity contribution in [2.45, 2.75) is 24.5 Å². The van der Waals surface area contributed by atoms with Gasteiger partial charge in [-0.1, -0.05) is 0 Å². The van der Waals surface area contributed by atoms with E-state index in [4.69, 9.17) is 25.2 Å². The Kier molecular flexibility index (Phi) is 8.53. The van der Waals surface area contributed by atoms with Crippen molar-refractivity contribution in [3.05, 3.63) is 10.4 Å². The van der Waals surface area contributed by atoms with Crippen LogP contribution in [0, 0.1) is 0 Å². The van der Waals surface area contributed by atoms with Crippen LogP contribution in [0.25, 0.3) is 0 Å². The summed E-state index contributed by atoms with van der Waals surface area (Å²) in [6.07, 6.45) is -6.58. The number of aromatic nitrogens is 2. The van der Waals surface area contributed by atoms with Crippen molar-refractivity contribution in [3.63, 3.8) is 0 Å². The predicted molar refractivity (Wildman–Crippen MR) is 103 cm³/mol. The van der Waals surface area contributed by atoms with Crippen LogP contribution >= 0.6 is 23.5 Å². The summed E-state index contributed by atoms with van der Waals surface area (Å²) in [5, 5.41) is 24.6. The number of aliphatic hydroxyl groups excluding tert-OH is 2. The quantitative estimate of drug-likeness (QED) is 0.0993. The van der Waals surface area contributed by atoms with Crippen LogP contribution in [-0.4, -0.2) is 77.3 Å². The van der Waals surface area contributed by atoms with Crippen LogP contribution in [0.3, 0.4) is 0 Å². The average molecular weight is 541 g/mol. The van der Waals surface area contributed by atoms with Gasteiger partial charge in [0.05, 0.1) is 6.61 Å². The number of ether oxygens (including phenoxy) is 1. The predicted octanol–water partition coefficient (Wildman–Crippen LogP) is -2.88. The van der Waals surface area contributed by atoms with E-state index in [1.165, 1.54) is 0 Å². The third kappa shape index (κ3) is 7.90. The van der Waals surface area contributed by atoms with E-state index in [0.717, 1.165) is 0 Å². The molecular formula is C10H18N5O15P3. The normalized spacial score (nSPS) is 26.8. The summed E-state index contributed by atoms with van der Waals surface area (Å²) in [5.41, 5.74) is 4.09. The zero-order valence-electron chi connectivity index (χ0n) is 15.8. The second-order valence-corrected chi connectivity index (χ2v) is 10.5. The molecule has 20 nitrogen and oxygen atoms in total. The van der Waals surface area contributed by atoms with Crippen molar-refractivity contribution < 1.29 is 66.2 Å². The van der Waals surface area contributed by atoms with Crippen molar-refractivity contribution in [2.24, 2.45) is 0 Å². The van der Waals surface area contributed by atoms with E-state index in [-0.39, 0.29) is 12.2 Å². The number of anilines is 3. The molecule has 1 aromatic rings. The van der Waals surface area contributed by atoms with Crippen LogP contribution in [0.1, 0.15) is 0 Å².